The van der Waals surface area contributed by atoms with Crippen molar-refractivity contribution in [1.29, 1.82) is 0 Å². The van der Waals surface area contributed by atoms with Gasteiger partial charge >= 0.3 is 11.9 Å². The van der Waals surface area contributed by atoms with E-state index >= 15 is 0 Å². The lowest BCUT2D eigenvalue weighted by Gasteiger charge is -2.11. The van der Waals surface area contributed by atoms with Crippen LogP contribution in [-0.2, 0) is 25.5 Å². The molecule has 0 spiro atoms. The van der Waals surface area contributed by atoms with E-state index in [1.807, 2.05) is 18.2 Å². The fraction of sp³-hybridized carbons (Fsp3) is 0.429. The van der Waals surface area contributed by atoms with Gasteiger partial charge < -0.3 is 15.2 Å². The summed E-state index contributed by atoms with van der Waals surface area (Å²) in [6.07, 6.45) is -0.139. The van der Waals surface area contributed by atoms with E-state index in [1.165, 1.54) is 6.92 Å². The highest BCUT2D eigenvalue weighted by Gasteiger charge is 2.18. The maximum Gasteiger partial charge on any atom is 0.347 e. The number of nitrogens with two attached hydrogens (primary N) is 1. The molecule has 0 aliphatic carbocycles. The molecule has 1 aromatic rings. The first-order valence-electron chi connectivity index (χ1n) is 6.23. The first-order chi connectivity index (χ1) is 9.02. The van der Waals surface area contributed by atoms with Crippen LogP contribution in [0.2, 0.25) is 0 Å². The van der Waals surface area contributed by atoms with Crippen molar-refractivity contribution in [2.75, 3.05) is 12.3 Å². The molecule has 0 aromatic heterocycles. The Bertz CT molecular complexity index is 445. The Balaban J connectivity index is 2.37. The maximum absolute atomic E-state index is 11.6. The van der Waals surface area contributed by atoms with Crippen molar-refractivity contribution >= 4 is 17.6 Å². The molecule has 0 fully saturated rings. The highest BCUT2D eigenvalue weighted by Crippen LogP contribution is 2.09. The highest BCUT2D eigenvalue weighted by atomic mass is 16.6. The van der Waals surface area contributed by atoms with Gasteiger partial charge in [0.15, 0.2) is 6.10 Å². The number of aryl methyl sites for hydroxylation is 1. The number of anilines is 1. The van der Waals surface area contributed by atoms with Crippen molar-refractivity contribution < 1.29 is 19.1 Å². The molecule has 0 aliphatic heterocycles. The van der Waals surface area contributed by atoms with E-state index in [1.54, 1.807) is 13.0 Å². The van der Waals surface area contributed by atoms with Gasteiger partial charge in [0.05, 0.1) is 6.61 Å². The standard InChI is InChI=1S/C14H19NO4/c1-3-18-14(17)10(2)19-13(16)8-7-11-5-4-6-12(15)9-11/h4-6,9-10H,3,7-8,15H2,1-2H3. The molecular weight excluding hydrogens is 246 g/mol. The lowest BCUT2D eigenvalue weighted by Crippen LogP contribution is -2.26. The summed E-state index contributed by atoms with van der Waals surface area (Å²) < 4.78 is 9.72. The second kappa shape index (κ2) is 7.41. The molecule has 0 heterocycles. The molecule has 0 aliphatic rings. The number of ether oxygens (including phenoxy) is 2. The lowest BCUT2D eigenvalue weighted by atomic mass is 10.1. The minimum absolute atomic E-state index is 0.202. The molecular formula is C14H19NO4. The molecule has 1 aromatic carbocycles. The van der Waals surface area contributed by atoms with Crippen LogP contribution in [0.25, 0.3) is 0 Å². The van der Waals surface area contributed by atoms with Crippen LogP contribution in [0.5, 0.6) is 0 Å². The third-order valence-electron chi connectivity index (χ3n) is 2.50. The van der Waals surface area contributed by atoms with E-state index in [0.29, 0.717) is 12.1 Å². The van der Waals surface area contributed by atoms with Gasteiger partial charge in [0.25, 0.3) is 0 Å². The van der Waals surface area contributed by atoms with Gasteiger partial charge in [-0.05, 0) is 38.0 Å². The van der Waals surface area contributed by atoms with Crippen LogP contribution in [-0.4, -0.2) is 24.6 Å². The molecule has 1 rings (SSSR count). The SMILES string of the molecule is CCOC(=O)C(C)OC(=O)CCc1cccc(N)c1. The minimum Gasteiger partial charge on any atom is -0.463 e. The Morgan fingerprint density at radius 1 is 1.37 bits per heavy atom. The van der Waals surface area contributed by atoms with Gasteiger partial charge in [-0.25, -0.2) is 4.79 Å². The van der Waals surface area contributed by atoms with E-state index in [9.17, 15) is 9.59 Å². The Morgan fingerprint density at radius 2 is 2.11 bits per heavy atom. The molecule has 0 saturated heterocycles. The van der Waals surface area contributed by atoms with Gasteiger partial charge in [-0.15, -0.1) is 0 Å². The second-order valence-electron chi connectivity index (χ2n) is 4.13. The van der Waals surface area contributed by atoms with Gasteiger partial charge in [0.2, 0.25) is 0 Å². The van der Waals surface area contributed by atoms with Crippen molar-refractivity contribution in [3.05, 3.63) is 29.8 Å². The molecule has 1 atom stereocenters. The summed E-state index contributed by atoms with van der Waals surface area (Å²) in [6.45, 7) is 3.46. The van der Waals surface area contributed by atoms with Crippen LogP contribution in [0.3, 0.4) is 0 Å². The van der Waals surface area contributed by atoms with E-state index in [4.69, 9.17) is 15.2 Å². The minimum atomic E-state index is -0.867. The van der Waals surface area contributed by atoms with Crippen molar-refractivity contribution in [2.24, 2.45) is 0 Å². The first-order valence-corrected chi connectivity index (χ1v) is 6.23. The third-order valence-corrected chi connectivity index (χ3v) is 2.50. The number of rotatable bonds is 6. The summed E-state index contributed by atoms with van der Waals surface area (Å²) >= 11 is 0. The van der Waals surface area contributed by atoms with Crippen LogP contribution in [0.1, 0.15) is 25.8 Å². The molecule has 0 bridgehead atoms. The van der Waals surface area contributed by atoms with Crippen molar-refractivity contribution in [3.63, 3.8) is 0 Å². The number of hydrogen-bond acceptors (Lipinski definition) is 5. The molecule has 19 heavy (non-hydrogen) atoms. The van der Waals surface area contributed by atoms with Crippen molar-refractivity contribution in [2.45, 2.75) is 32.8 Å². The number of carbonyl (C=O) groups excluding carboxylic acids is 2. The van der Waals surface area contributed by atoms with E-state index < -0.39 is 18.0 Å². The number of benzene rings is 1. The summed E-state index contributed by atoms with van der Waals surface area (Å²) in [4.78, 5) is 22.8. The smallest absolute Gasteiger partial charge is 0.347 e. The van der Waals surface area contributed by atoms with Gasteiger partial charge in [0, 0.05) is 12.1 Å². The van der Waals surface area contributed by atoms with E-state index in [0.717, 1.165) is 5.56 Å². The van der Waals surface area contributed by atoms with Gasteiger partial charge in [-0.3, -0.25) is 4.79 Å². The average molecular weight is 265 g/mol. The molecule has 0 radical (unpaired) electrons. The topological polar surface area (TPSA) is 78.6 Å². The zero-order valence-electron chi connectivity index (χ0n) is 11.2. The van der Waals surface area contributed by atoms with Crippen molar-refractivity contribution in [1.82, 2.24) is 0 Å². The lowest BCUT2D eigenvalue weighted by molar-refractivity contribution is -0.166. The Kier molecular flexibility index (Phi) is 5.85. The van der Waals surface area contributed by atoms with Gasteiger partial charge in [-0.1, -0.05) is 12.1 Å². The van der Waals surface area contributed by atoms with Crippen LogP contribution in [0, 0.1) is 0 Å². The fourth-order valence-corrected chi connectivity index (χ4v) is 1.56. The molecule has 104 valence electrons. The molecule has 1 unspecified atom stereocenters. The number of nitrogen functional groups attached to an aromatic ring is 1. The Morgan fingerprint density at radius 3 is 2.74 bits per heavy atom. The molecule has 2 N–H and O–H groups in total. The number of hydrogen-bond donors (Lipinski definition) is 1. The van der Waals surface area contributed by atoms with Crippen LogP contribution >= 0.6 is 0 Å². The fourth-order valence-electron chi connectivity index (χ4n) is 1.56. The molecule has 0 saturated carbocycles. The summed E-state index contributed by atoms with van der Waals surface area (Å²) in [5.74, 6) is -0.956. The quantitative estimate of drug-likeness (QED) is 0.625. The monoisotopic (exact) mass is 265 g/mol. The predicted octanol–water partition coefficient (Wildman–Crippen LogP) is 1.70. The summed E-state index contributed by atoms with van der Waals surface area (Å²) in [6, 6.07) is 7.31. The normalized spacial score (nSPS) is 11.7. The zero-order valence-corrected chi connectivity index (χ0v) is 11.2. The summed E-state index contributed by atoms with van der Waals surface area (Å²) in [5, 5.41) is 0. The molecule has 0 amide bonds. The largest absolute Gasteiger partial charge is 0.463 e. The maximum atomic E-state index is 11.6. The van der Waals surface area contributed by atoms with Gasteiger partial charge in [0.1, 0.15) is 0 Å². The zero-order chi connectivity index (χ0) is 14.3. The predicted molar refractivity (Wildman–Crippen MR) is 71.4 cm³/mol. The summed E-state index contributed by atoms with van der Waals surface area (Å²) in [7, 11) is 0. The average Bonchev–Trinajstić information content (AvgIpc) is 2.36. The second-order valence-corrected chi connectivity index (χ2v) is 4.13. The van der Waals surface area contributed by atoms with Crippen LogP contribution < -0.4 is 5.73 Å². The van der Waals surface area contributed by atoms with Crippen LogP contribution in [0.4, 0.5) is 5.69 Å². The third kappa shape index (κ3) is 5.42. The molecule has 5 nitrogen and oxygen atoms in total. The van der Waals surface area contributed by atoms with Crippen LogP contribution in [0.15, 0.2) is 24.3 Å². The Hall–Kier alpha value is -2.04. The summed E-state index contributed by atoms with van der Waals surface area (Å²) in [5.41, 5.74) is 7.26. The number of carbonyl (C=O) groups is 2. The molecule has 5 heteroatoms. The van der Waals surface area contributed by atoms with E-state index in [-0.39, 0.29) is 13.0 Å². The van der Waals surface area contributed by atoms with Gasteiger partial charge in [-0.2, -0.15) is 0 Å². The van der Waals surface area contributed by atoms with E-state index in [2.05, 4.69) is 0 Å². The van der Waals surface area contributed by atoms with Crippen molar-refractivity contribution in [3.8, 4) is 0 Å². The first kappa shape index (κ1) is 15.0. The highest BCUT2D eigenvalue weighted by molar-refractivity contribution is 5.79. The number of esters is 2. The Labute approximate surface area is 112 Å².